The van der Waals surface area contributed by atoms with Gasteiger partial charge in [-0.3, -0.25) is 0 Å². The van der Waals surface area contributed by atoms with Crippen molar-refractivity contribution in [3.05, 3.63) is 42.0 Å². The van der Waals surface area contributed by atoms with Gasteiger partial charge in [0.2, 0.25) is 0 Å². The van der Waals surface area contributed by atoms with E-state index in [1.807, 2.05) is 0 Å². The Morgan fingerprint density at radius 1 is 0.632 bits per heavy atom. The van der Waals surface area contributed by atoms with Crippen molar-refractivity contribution in [3.63, 3.8) is 0 Å². The summed E-state index contributed by atoms with van der Waals surface area (Å²) in [6.45, 7) is 16.1. The maximum absolute atomic E-state index is 6.51. The molecular formula is C34H63BrOSn2. The molecule has 220 valence electrons. The van der Waals surface area contributed by atoms with Crippen molar-refractivity contribution in [2.24, 2.45) is 0 Å². The summed E-state index contributed by atoms with van der Waals surface area (Å²) in [5.41, 5.74) is 1.28. The van der Waals surface area contributed by atoms with Crippen LogP contribution in [-0.2, 0) is 11.3 Å². The molecule has 0 saturated carbocycles. The first-order valence-corrected chi connectivity index (χ1v) is 32.3. The summed E-state index contributed by atoms with van der Waals surface area (Å²) in [5, 5.41) is 0. The van der Waals surface area contributed by atoms with Crippen molar-refractivity contribution in [1.29, 1.82) is 0 Å². The number of ether oxygens (including phenoxy) is 1. The number of hydrogen-bond donors (Lipinski definition) is 0. The number of hydrogen-bond acceptors (Lipinski definition) is 1. The average molecular weight is 805 g/mol. The monoisotopic (exact) mass is 806 g/mol. The van der Waals surface area contributed by atoms with E-state index in [1.165, 1.54) is 87.1 Å². The van der Waals surface area contributed by atoms with Gasteiger partial charge in [-0.05, 0) is 0 Å². The molecule has 1 aromatic rings. The Kier molecular flexibility index (Phi) is 22.0. The van der Waals surface area contributed by atoms with Crippen LogP contribution in [0.2, 0.25) is 26.6 Å². The van der Waals surface area contributed by atoms with Gasteiger partial charge in [-0.15, -0.1) is 0 Å². The third-order valence-corrected chi connectivity index (χ3v) is 60.0. The minimum atomic E-state index is -2.56. The van der Waals surface area contributed by atoms with Crippen LogP contribution < -0.4 is 0 Å². The minimum absolute atomic E-state index is 0.716. The number of unbranched alkanes of at least 4 members (excludes halogenated alkanes) is 6. The zero-order valence-electron chi connectivity index (χ0n) is 26.3. The van der Waals surface area contributed by atoms with Gasteiger partial charge in [0, 0.05) is 0 Å². The van der Waals surface area contributed by atoms with Crippen LogP contribution in [0.1, 0.15) is 124 Å². The third-order valence-electron chi connectivity index (χ3n) is 8.82. The van der Waals surface area contributed by atoms with Crippen LogP contribution in [0, 0.1) is 0 Å². The summed E-state index contributed by atoms with van der Waals surface area (Å²) in [6.07, 6.45) is 19.8. The van der Waals surface area contributed by atoms with E-state index in [0.717, 1.165) is 6.61 Å². The Hall–Kier alpha value is 0.997. The molecule has 0 atom stereocenters. The van der Waals surface area contributed by atoms with E-state index < -0.39 is 36.8 Å². The average Bonchev–Trinajstić information content (AvgIpc) is 2.94. The van der Waals surface area contributed by atoms with Gasteiger partial charge in [0.15, 0.2) is 0 Å². The summed E-state index contributed by atoms with van der Waals surface area (Å²) in [7, 11) is 0. The molecule has 0 saturated heterocycles. The topological polar surface area (TPSA) is 9.23 Å². The fourth-order valence-corrected chi connectivity index (χ4v) is 75.6. The molecule has 0 aliphatic heterocycles. The fraction of sp³-hybridized carbons (Fsp3) is 0.765. The Morgan fingerprint density at radius 3 is 1.34 bits per heavy atom. The molecule has 0 aromatic heterocycles. The van der Waals surface area contributed by atoms with Crippen molar-refractivity contribution in [3.8, 4) is 0 Å². The second-order valence-electron chi connectivity index (χ2n) is 11.9. The van der Waals surface area contributed by atoms with Crippen LogP contribution in [0.4, 0.5) is 0 Å². The second-order valence-corrected chi connectivity index (χ2v) is 43.1. The molecule has 4 heteroatoms. The number of rotatable bonds is 24. The standard InChI is InChI=1S/C10H9BrO.6C4H9.2Sn/c1-2-7-12-8-9-5-3-4-6-10(9)11;6*1-3-4-2;;/h2-6H,7-8H2;6*1,3-4H2,2H3;;. The molecule has 1 nitrogen and oxygen atoms in total. The Morgan fingerprint density at radius 2 is 1.00 bits per heavy atom. The van der Waals surface area contributed by atoms with Crippen LogP contribution in [0.25, 0.3) is 0 Å². The van der Waals surface area contributed by atoms with Crippen molar-refractivity contribution >= 4 is 52.7 Å². The zero-order chi connectivity index (χ0) is 28.1. The molecule has 0 fully saturated rings. The summed E-state index contributed by atoms with van der Waals surface area (Å²) in [5.74, 6) is 0. The molecule has 1 rings (SSSR count). The van der Waals surface area contributed by atoms with Crippen LogP contribution in [-0.4, -0.2) is 43.4 Å². The van der Waals surface area contributed by atoms with Gasteiger partial charge in [-0.1, -0.05) is 0 Å². The second kappa shape index (κ2) is 22.6. The summed E-state index contributed by atoms with van der Waals surface area (Å²) in [4.78, 5) is 0. The van der Waals surface area contributed by atoms with E-state index in [-0.39, 0.29) is 0 Å². The quantitative estimate of drug-likeness (QED) is 0.0747. The fourth-order valence-electron chi connectivity index (χ4n) is 6.57. The van der Waals surface area contributed by atoms with Gasteiger partial charge in [-0.25, -0.2) is 0 Å². The normalized spacial score (nSPS) is 12.2. The van der Waals surface area contributed by atoms with E-state index in [4.69, 9.17) is 4.74 Å². The number of benzene rings is 1. The van der Waals surface area contributed by atoms with Crippen LogP contribution >= 0.6 is 15.9 Å². The van der Waals surface area contributed by atoms with Crippen LogP contribution in [0.3, 0.4) is 0 Å². The molecule has 0 unspecified atom stereocenters. The first-order valence-electron chi connectivity index (χ1n) is 16.5. The van der Waals surface area contributed by atoms with Crippen LogP contribution in [0.15, 0.2) is 36.4 Å². The molecule has 38 heavy (non-hydrogen) atoms. The molecule has 0 bridgehead atoms. The maximum atomic E-state index is 6.51. The van der Waals surface area contributed by atoms with Gasteiger partial charge >= 0.3 is 258 Å². The van der Waals surface area contributed by atoms with E-state index in [0.29, 0.717) is 6.61 Å². The predicted molar refractivity (Wildman–Crippen MR) is 182 cm³/mol. The molecule has 1 aromatic carbocycles. The van der Waals surface area contributed by atoms with Crippen LogP contribution in [0.5, 0.6) is 0 Å². The van der Waals surface area contributed by atoms with Crippen molar-refractivity contribution in [2.75, 3.05) is 6.61 Å². The molecule has 0 amide bonds. The van der Waals surface area contributed by atoms with Gasteiger partial charge in [-0.2, -0.15) is 0 Å². The Balaban J connectivity index is 3.62. The SMILES string of the molecule is CCC[CH2][Sn]([CH2]CCC)([CH2]CCC)[C](=CCOCc1ccccc1Br)[Sn]([CH2]CCC)([CH2]CCC)[CH2]CCC. The van der Waals surface area contributed by atoms with Crippen molar-refractivity contribution in [1.82, 2.24) is 0 Å². The summed E-state index contributed by atoms with van der Waals surface area (Å²) < 4.78 is 19.6. The molecule has 0 aliphatic carbocycles. The van der Waals surface area contributed by atoms with Crippen molar-refractivity contribution < 1.29 is 4.74 Å². The van der Waals surface area contributed by atoms with Gasteiger partial charge in [0.05, 0.1) is 0 Å². The summed E-state index contributed by atoms with van der Waals surface area (Å²) >= 11 is -1.38. The molecule has 0 aliphatic rings. The van der Waals surface area contributed by atoms with E-state index in [2.05, 4.69) is 89.4 Å². The third kappa shape index (κ3) is 12.9. The van der Waals surface area contributed by atoms with E-state index in [1.54, 1.807) is 26.6 Å². The number of halogens is 1. The Labute approximate surface area is 255 Å². The first kappa shape index (κ1) is 37.0. The molecule has 0 heterocycles. The van der Waals surface area contributed by atoms with E-state index >= 15 is 0 Å². The van der Waals surface area contributed by atoms with Gasteiger partial charge < -0.3 is 0 Å². The zero-order valence-corrected chi connectivity index (χ0v) is 33.6. The predicted octanol–water partition coefficient (Wildman–Crippen LogP) is 12.7. The molecule has 0 spiro atoms. The van der Waals surface area contributed by atoms with Crippen molar-refractivity contribution in [2.45, 2.75) is 152 Å². The Bertz CT molecular complexity index is 670. The van der Waals surface area contributed by atoms with E-state index in [9.17, 15) is 0 Å². The first-order chi connectivity index (χ1) is 18.5. The van der Waals surface area contributed by atoms with Gasteiger partial charge in [0.25, 0.3) is 0 Å². The van der Waals surface area contributed by atoms with Gasteiger partial charge in [0.1, 0.15) is 0 Å². The summed E-state index contributed by atoms with van der Waals surface area (Å²) in [6, 6.07) is 8.58. The molecule has 0 radical (unpaired) electrons. The molecule has 0 N–H and O–H groups in total. The molecular weight excluding hydrogens is 742 g/mol.